The maximum atomic E-state index is 13.8. The predicted octanol–water partition coefficient (Wildman–Crippen LogP) is 0.117. The highest BCUT2D eigenvalue weighted by Crippen LogP contribution is 2.23. The summed E-state index contributed by atoms with van der Waals surface area (Å²) in [6.07, 6.45) is 2.56. The van der Waals surface area contributed by atoms with E-state index in [9.17, 15) is 48.6 Å². The Balaban J connectivity index is 1.30. The first-order chi connectivity index (χ1) is 31.0. The van der Waals surface area contributed by atoms with Crippen molar-refractivity contribution in [2.24, 2.45) is 17.8 Å². The highest BCUT2D eigenvalue weighted by molar-refractivity contribution is 7.98. The Morgan fingerprint density at radius 1 is 0.908 bits per heavy atom. The molecule has 20 nitrogen and oxygen atoms in total. The number of carboxylic acid groups (broad SMARTS) is 2. The van der Waals surface area contributed by atoms with Crippen LogP contribution in [0.15, 0.2) is 24.3 Å². The van der Waals surface area contributed by atoms with E-state index in [0.717, 1.165) is 5.56 Å². The normalized spacial score (nSPS) is 20.7. The molecular formula is C43H65N9O11S2. The standard InChI is InChI=1S/C43H65N9O11S2/c1-5-28(2)32(41(61)44-11-12-52-36(55)20-29(3)42(52)62)21-34(53)33(10-19-65-4)47-43(64)46-31-8-6-30(7-9-31)22-45-35(54)23-50-16-15-48(25-38(56)57)13-14-49(26-39(58)59)17-18-51-27-40(60)63-37(51)24-50/h6-9,28-29,32-33,37H,5,10-27H2,1-4H3,(H,44,61)(H,45,54)(H,56,57)(H,58,59)(H2,46,47,64)/t28-,29?,32-,33-,37?/m0/s1. The number of rotatable bonds is 22. The maximum Gasteiger partial charge on any atom is 0.321 e. The zero-order valence-electron chi connectivity index (χ0n) is 37.8. The van der Waals surface area contributed by atoms with Crippen molar-refractivity contribution in [3.05, 3.63) is 29.8 Å². The molecule has 0 radical (unpaired) electrons. The Morgan fingerprint density at radius 2 is 1.54 bits per heavy atom. The number of hydrogen-bond donors (Lipinski definition) is 6. The Labute approximate surface area is 389 Å². The molecule has 0 bridgehead atoms. The Hall–Kier alpha value is -4.74. The molecule has 0 spiro atoms. The van der Waals surface area contributed by atoms with Gasteiger partial charge in [0.1, 0.15) is 0 Å². The van der Waals surface area contributed by atoms with Gasteiger partial charge in [-0.1, -0.05) is 39.3 Å². The number of aliphatic carboxylic acids is 2. The predicted molar refractivity (Wildman–Crippen MR) is 247 cm³/mol. The van der Waals surface area contributed by atoms with Gasteiger partial charge in [0.25, 0.3) is 0 Å². The number of nitrogens with zero attached hydrogens (tertiary/aromatic N) is 5. The third kappa shape index (κ3) is 17.5. The van der Waals surface area contributed by atoms with Crippen molar-refractivity contribution in [3.63, 3.8) is 0 Å². The topological polar surface area (TPSA) is 251 Å². The third-order valence-corrected chi connectivity index (χ3v) is 12.7. The molecule has 5 atom stereocenters. The van der Waals surface area contributed by atoms with Crippen LogP contribution in [-0.2, 0) is 49.6 Å². The maximum absolute atomic E-state index is 13.8. The number of imide groups is 1. The number of esters is 1. The van der Waals surface area contributed by atoms with Gasteiger partial charge in [0.05, 0.1) is 38.8 Å². The molecule has 3 aliphatic heterocycles. The summed E-state index contributed by atoms with van der Waals surface area (Å²) < 4.78 is 5.58. The van der Waals surface area contributed by atoms with Crippen molar-refractivity contribution >= 4 is 82.1 Å². The van der Waals surface area contributed by atoms with Crippen LogP contribution in [0.4, 0.5) is 5.69 Å². The summed E-state index contributed by atoms with van der Waals surface area (Å²) in [5.41, 5.74) is 1.43. The Bertz CT molecular complexity index is 1860. The molecule has 3 aliphatic rings. The Morgan fingerprint density at radius 3 is 2.12 bits per heavy atom. The molecule has 6 N–H and O–H groups in total. The van der Waals surface area contributed by atoms with Crippen molar-refractivity contribution in [3.8, 4) is 0 Å². The molecule has 2 unspecified atom stereocenters. The van der Waals surface area contributed by atoms with Gasteiger partial charge in [0, 0.05) is 89.3 Å². The van der Waals surface area contributed by atoms with Crippen LogP contribution in [-0.4, -0.2) is 197 Å². The van der Waals surface area contributed by atoms with Gasteiger partial charge in [-0.05, 0) is 54.3 Å². The monoisotopic (exact) mass is 947 g/mol. The first-order valence-electron chi connectivity index (χ1n) is 22.1. The number of hydrogen-bond acceptors (Lipinski definition) is 15. The van der Waals surface area contributed by atoms with Gasteiger partial charge in [-0.3, -0.25) is 62.9 Å². The average molecular weight is 948 g/mol. The minimum absolute atomic E-state index is 0.0169. The van der Waals surface area contributed by atoms with Gasteiger partial charge in [0.15, 0.2) is 17.1 Å². The van der Waals surface area contributed by atoms with Gasteiger partial charge >= 0.3 is 17.9 Å². The van der Waals surface area contributed by atoms with Crippen molar-refractivity contribution in [1.82, 2.24) is 40.4 Å². The second-order valence-electron chi connectivity index (χ2n) is 16.8. The number of anilines is 1. The number of likely N-dealkylation sites (tertiary alicyclic amines) is 1. The Kier molecular flexibility index (Phi) is 21.5. The molecule has 360 valence electrons. The third-order valence-electron chi connectivity index (χ3n) is 11.9. The molecule has 1 aromatic carbocycles. The molecule has 1 aromatic rings. The van der Waals surface area contributed by atoms with Crippen LogP contribution >= 0.6 is 24.0 Å². The van der Waals surface area contributed by atoms with Crippen molar-refractivity contribution in [2.45, 2.75) is 65.3 Å². The zero-order valence-corrected chi connectivity index (χ0v) is 39.4. The largest absolute Gasteiger partial charge is 0.480 e. The number of carbonyl (C=O) groups is 8. The number of carbonyl (C=O) groups excluding carboxylic acids is 6. The summed E-state index contributed by atoms with van der Waals surface area (Å²) in [6.45, 7) is 7.51. The fourth-order valence-corrected chi connectivity index (χ4v) is 8.59. The molecule has 4 amide bonds. The number of fused-ring (bicyclic) bond motifs is 1. The summed E-state index contributed by atoms with van der Waals surface area (Å²) in [5, 5.41) is 31.2. The van der Waals surface area contributed by atoms with Crippen LogP contribution in [0.1, 0.15) is 52.0 Å². The fraction of sp³-hybridized carbons (Fsp3) is 0.651. The van der Waals surface area contributed by atoms with Gasteiger partial charge < -0.3 is 36.2 Å². The number of ketones is 1. The van der Waals surface area contributed by atoms with Crippen LogP contribution in [0.2, 0.25) is 0 Å². The summed E-state index contributed by atoms with van der Waals surface area (Å²) in [7, 11) is 0. The lowest BCUT2D eigenvalue weighted by Crippen LogP contribution is -2.51. The van der Waals surface area contributed by atoms with Crippen LogP contribution in [0.5, 0.6) is 0 Å². The summed E-state index contributed by atoms with van der Waals surface area (Å²) >= 11 is 7.20. The molecule has 4 rings (SSSR count). The number of thiocarbonyl (C=S) groups is 1. The van der Waals surface area contributed by atoms with E-state index in [1.165, 1.54) is 4.90 Å². The number of nitrogens with one attached hydrogen (secondary N) is 4. The number of Topliss-reactive ketones (excluding diaryl/α,β-unsaturated/α-hetero) is 1. The van der Waals surface area contributed by atoms with E-state index in [1.54, 1.807) is 40.6 Å². The summed E-state index contributed by atoms with van der Waals surface area (Å²) in [4.78, 5) is 109. The number of ether oxygens (including phenoxy) is 1. The number of carboxylic acids is 2. The van der Waals surface area contributed by atoms with E-state index in [1.807, 2.05) is 42.0 Å². The molecule has 3 heterocycles. The van der Waals surface area contributed by atoms with Crippen molar-refractivity contribution in [1.29, 1.82) is 0 Å². The molecule has 0 aromatic heterocycles. The van der Waals surface area contributed by atoms with Crippen LogP contribution in [0, 0.1) is 17.8 Å². The van der Waals surface area contributed by atoms with E-state index in [4.69, 9.17) is 17.0 Å². The van der Waals surface area contributed by atoms with E-state index in [-0.39, 0.29) is 118 Å². The minimum Gasteiger partial charge on any atom is -0.480 e. The van der Waals surface area contributed by atoms with E-state index >= 15 is 0 Å². The summed E-state index contributed by atoms with van der Waals surface area (Å²) in [5.74, 6) is -4.14. The second kappa shape index (κ2) is 26.4. The number of amides is 4. The number of benzene rings is 1. The SMILES string of the molecule is CC[C@H](C)[C@H](CC(=O)[C@H](CCSC)NC(=S)Nc1ccc(CNC(=O)CN2CCN(CC(=O)O)CCN(CC(=O)O)CCN3CC(=O)OC3C2)cc1)C(=O)NCCN1C(=O)CC(C)C1=O. The molecule has 0 saturated carbocycles. The first-order valence-corrected chi connectivity index (χ1v) is 23.9. The smallest absolute Gasteiger partial charge is 0.321 e. The minimum atomic E-state index is -1.03. The van der Waals surface area contributed by atoms with Gasteiger partial charge in [0.2, 0.25) is 23.6 Å². The molecular weight excluding hydrogens is 883 g/mol. The second-order valence-corrected chi connectivity index (χ2v) is 18.2. The number of thioether (sulfide) groups is 1. The highest BCUT2D eigenvalue weighted by Gasteiger charge is 2.37. The van der Waals surface area contributed by atoms with E-state index in [0.29, 0.717) is 57.0 Å². The molecule has 3 saturated heterocycles. The molecule has 22 heteroatoms. The molecule has 65 heavy (non-hydrogen) atoms. The van der Waals surface area contributed by atoms with Crippen LogP contribution in [0.3, 0.4) is 0 Å². The lowest BCUT2D eigenvalue weighted by atomic mass is 9.85. The van der Waals surface area contributed by atoms with Crippen LogP contribution in [0.25, 0.3) is 0 Å². The van der Waals surface area contributed by atoms with Crippen LogP contribution < -0.4 is 21.3 Å². The average Bonchev–Trinajstić information content (AvgIpc) is 3.73. The quantitative estimate of drug-likeness (QED) is 0.0513. The zero-order chi connectivity index (χ0) is 47.6. The molecule has 3 fully saturated rings. The lowest BCUT2D eigenvalue weighted by molar-refractivity contribution is -0.143. The summed E-state index contributed by atoms with van der Waals surface area (Å²) in [6, 6.07) is 6.55. The van der Waals surface area contributed by atoms with E-state index < -0.39 is 36.1 Å². The van der Waals surface area contributed by atoms with Gasteiger partial charge in [-0.2, -0.15) is 11.8 Å². The molecule has 0 aliphatic carbocycles. The fourth-order valence-electron chi connectivity index (χ4n) is 7.86. The highest BCUT2D eigenvalue weighted by atomic mass is 32.2. The van der Waals surface area contributed by atoms with E-state index in [2.05, 4.69) is 21.3 Å². The first kappa shape index (κ1) is 52.9. The van der Waals surface area contributed by atoms with Crippen molar-refractivity contribution in [2.75, 3.05) is 102 Å². The van der Waals surface area contributed by atoms with Gasteiger partial charge in [-0.25, -0.2) is 0 Å². The van der Waals surface area contributed by atoms with Gasteiger partial charge in [-0.15, -0.1) is 0 Å². The van der Waals surface area contributed by atoms with Crippen molar-refractivity contribution < 1.29 is 53.3 Å². The lowest BCUT2D eigenvalue weighted by Gasteiger charge is -2.33.